The highest BCUT2D eigenvalue weighted by molar-refractivity contribution is 7.89. The van der Waals surface area contributed by atoms with Crippen molar-refractivity contribution in [2.75, 3.05) is 13.1 Å². The fourth-order valence-corrected chi connectivity index (χ4v) is 4.54. The predicted octanol–water partition coefficient (Wildman–Crippen LogP) is 1.78. The first-order chi connectivity index (χ1) is 9.73. The monoisotopic (exact) mass is 350 g/mol. The summed E-state index contributed by atoms with van der Waals surface area (Å²) in [6, 6.07) is 2.08. The highest BCUT2D eigenvalue weighted by Crippen LogP contribution is 2.32. The van der Waals surface area contributed by atoms with Crippen LogP contribution in [-0.4, -0.2) is 31.8 Å². The molecule has 0 saturated carbocycles. The predicted molar refractivity (Wildman–Crippen MR) is 77.9 cm³/mol. The average Bonchev–Trinajstić information content (AvgIpc) is 2.38. The minimum absolute atomic E-state index is 0.0939. The van der Waals surface area contributed by atoms with Gasteiger partial charge in [-0.3, -0.25) is 0 Å². The fraction of sp³-hybridized carbons (Fsp3) is 0.462. The lowest BCUT2D eigenvalue weighted by Gasteiger charge is -2.29. The van der Waals surface area contributed by atoms with Crippen molar-refractivity contribution in [3.8, 4) is 0 Å². The summed E-state index contributed by atoms with van der Waals surface area (Å²) in [7, 11) is -3.84. The minimum Gasteiger partial charge on any atom is -0.545 e. The van der Waals surface area contributed by atoms with Gasteiger partial charge in [-0.2, -0.15) is 4.31 Å². The van der Waals surface area contributed by atoms with Gasteiger partial charge in [0.2, 0.25) is 10.0 Å². The second-order valence-electron chi connectivity index (χ2n) is 5.14. The zero-order valence-electron chi connectivity index (χ0n) is 11.3. The molecule has 116 valence electrons. The second-order valence-corrected chi connectivity index (χ2v) is 7.86. The number of carbonyl (C=O) groups excluding carboxylic acids is 1. The molecule has 1 aliphatic heterocycles. The van der Waals surface area contributed by atoms with Crippen LogP contribution in [0.1, 0.15) is 30.1 Å². The van der Waals surface area contributed by atoms with Crippen molar-refractivity contribution in [2.24, 2.45) is 5.92 Å². The van der Waals surface area contributed by atoms with E-state index in [1.165, 1.54) is 4.31 Å². The van der Waals surface area contributed by atoms with Crippen LogP contribution >= 0.6 is 23.2 Å². The van der Waals surface area contributed by atoms with Crippen molar-refractivity contribution in [1.29, 1.82) is 0 Å². The van der Waals surface area contributed by atoms with E-state index in [1.807, 2.05) is 0 Å². The Labute approximate surface area is 133 Å². The van der Waals surface area contributed by atoms with Gasteiger partial charge in [-0.1, -0.05) is 30.1 Å². The maximum Gasteiger partial charge on any atom is 0.244 e. The van der Waals surface area contributed by atoms with E-state index in [4.69, 9.17) is 23.2 Å². The van der Waals surface area contributed by atoms with Gasteiger partial charge in [-0.25, -0.2) is 8.42 Å². The lowest BCUT2D eigenvalue weighted by atomic mass is 10.0. The van der Waals surface area contributed by atoms with E-state index in [9.17, 15) is 18.3 Å². The summed E-state index contributed by atoms with van der Waals surface area (Å²) in [6.07, 6.45) is 1.52. The molecule has 0 N–H and O–H groups in total. The summed E-state index contributed by atoms with van der Waals surface area (Å²) in [5.74, 6) is -1.07. The molecular weight excluding hydrogens is 337 g/mol. The number of nitrogens with zero attached hydrogens (tertiary/aromatic N) is 1. The maximum atomic E-state index is 12.6. The van der Waals surface area contributed by atoms with E-state index in [0.717, 1.165) is 25.0 Å². The Morgan fingerprint density at radius 1 is 1.24 bits per heavy atom. The zero-order chi connectivity index (χ0) is 15.8. The summed E-state index contributed by atoms with van der Waals surface area (Å²) < 4.78 is 26.5. The Hall–Kier alpha value is -0.820. The lowest BCUT2D eigenvalue weighted by molar-refractivity contribution is -0.255. The SMILES string of the molecule is CC1CCN(S(=O)(=O)c2cc(C(=O)[O-])c(Cl)cc2Cl)CC1. The molecule has 1 heterocycles. The fourth-order valence-electron chi connectivity index (χ4n) is 2.25. The standard InChI is InChI=1S/C13H15Cl2NO4S/c1-8-2-4-16(5-3-8)21(19,20)12-6-9(13(17)18)10(14)7-11(12)15/h6-8H,2-5H2,1H3,(H,17,18)/p-1. The Balaban J connectivity index is 2.45. The number of sulfonamides is 1. The second kappa shape index (κ2) is 6.12. The van der Waals surface area contributed by atoms with E-state index in [1.54, 1.807) is 0 Å². The Bertz CT molecular complexity index is 667. The summed E-state index contributed by atoms with van der Waals surface area (Å²) in [6.45, 7) is 2.85. The number of piperidine rings is 1. The molecule has 2 rings (SSSR count). The van der Waals surface area contributed by atoms with E-state index >= 15 is 0 Å². The van der Waals surface area contributed by atoms with Crippen molar-refractivity contribution in [2.45, 2.75) is 24.7 Å². The normalized spacial score (nSPS) is 17.9. The molecule has 1 aromatic carbocycles. The molecule has 0 atom stereocenters. The van der Waals surface area contributed by atoms with Crippen molar-refractivity contribution in [1.82, 2.24) is 4.31 Å². The van der Waals surface area contributed by atoms with E-state index < -0.39 is 16.0 Å². The number of carboxylic acid groups (broad SMARTS) is 1. The van der Waals surface area contributed by atoms with Gasteiger partial charge in [0.15, 0.2) is 0 Å². The van der Waals surface area contributed by atoms with Crippen molar-refractivity contribution < 1.29 is 18.3 Å². The van der Waals surface area contributed by atoms with Gasteiger partial charge < -0.3 is 9.90 Å². The van der Waals surface area contributed by atoms with Crippen LogP contribution in [0, 0.1) is 5.92 Å². The number of aromatic carboxylic acids is 1. The van der Waals surface area contributed by atoms with Gasteiger partial charge >= 0.3 is 0 Å². The number of rotatable bonds is 3. The van der Waals surface area contributed by atoms with Crippen LogP contribution in [-0.2, 0) is 10.0 Å². The molecule has 0 aromatic heterocycles. The largest absolute Gasteiger partial charge is 0.545 e. The van der Waals surface area contributed by atoms with Gasteiger partial charge in [0.25, 0.3) is 0 Å². The molecule has 0 aliphatic carbocycles. The Kier molecular flexibility index (Phi) is 4.82. The summed E-state index contributed by atoms with van der Waals surface area (Å²) in [4.78, 5) is 10.7. The van der Waals surface area contributed by atoms with Crippen LogP contribution in [0.3, 0.4) is 0 Å². The third-order valence-electron chi connectivity index (χ3n) is 3.60. The van der Waals surface area contributed by atoms with Crippen molar-refractivity contribution in [3.63, 3.8) is 0 Å². The van der Waals surface area contributed by atoms with Crippen LogP contribution in [0.25, 0.3) is 0 Å². The topological polar surface area (TPSA) is 77.5 Å². The van der Waals surface area contributed by atoms with Crippen molar-refractivity contribution >= 4 is 39.2 Å². The summed E-state index contributed by atoms with van der Waals surface area (Å²) in [5, 5.41) is 10.7. The zero-order valence-corrected chi connectivity index (χ0v) is 13.6. The molecule has 0 spiro atoms. The molecule has 8 heteroatoms. The molecule has 5 nitrogen and oxygen atoms in total. The molecule has 21 heavy (non-hydrogen) atoms. The molecule has 1 fully saturated rings. The molecule has 1 saturated heterocycles. The van der Waals surface area contributed by atoms with Crippen molar-refractivity contribution in [3.05, 3.63) is 27.7 Å². The van der Waals surface area contributed by atoms with Crippen LogP contribution in [0.15, 0.2) is 17.0 Å². The maximum absolute atomic E-state index is 12.6. The van der Waals surface area contributed by atoms with E-state index in [-0.39, 0.29) is 20.5 Å². The van der Waals surface area contributed by atoms with Gasteiger partial charge in [-0.05, 0) is 30.9 Å². The van der Waals surface area contributed by atoms with E-state index in [2.05, 4.69) is 6.92 Å². The number of carbonyl (C=O) groups is 1. The number of carboxylic acids is 1. The van der Waals surface area contributed by atoms with Crippen LogP contribution in [0.2, 0.25) is 10.0 Å². The number of halogens is 2. The first-order valence-electron chi connectivity index (χ1n) is 6.44. The highest BCUT2D eigenvalue weighted by Gasteiger charge is 2.30. The third-order valence-corrected chi connectivity index (χ3v) is 6.28. The van der Waals surface area contributed by atoms with E-state index in [0.29, 0.717) is 19.0 Å². The van der Waals surface area contributed by atoms with Gasteiger partial charge in [0, 0.05) is 18.7 Å². The molecule has 0 bridgehead atoms. The molecule has 0 unspecified atom stereocenters. The lowest BCUT2D eigenvalue weighted by Crippen LogP contribution is -2.38. The third kappa shape index (κ3) is 3.34. The van der Waals surface area contributed by atoms with Gasteiger partial charge in [0.1, 0.15) is 4.90 Å². The molecule has 0 radical (unpaired) electrons. The van der Waals surface area contributed by atoms with Crippen LogP contribution in [0.4, 0.5) is 0 Å². The quantitative estimate of drug-likeness (QED) is 0.832. The first kappa shape index (κ1) is 16.5. The van der Waals surface area contributed by atoms with Gasteiger partial charge in [-0.15, -0.1) is 0 Å². The highest BCUT2D eigenvalue weighted by atomic mass is 35.5. The van der Waals surface area contributed by atoms with Crippen LogP contribution in [0.5, 0.6) is 0 Å². The molecule has 0 amide bonds. The molecule has 1 aromatic rings. The molecular formula is C13H14Cl2NO4S-. The first-order valence-corrected chi connectivity index (χ1v) is 8.63. The summed E-state index contributed by atoms with van der Waals surface area (Å²) in [5.41, 5.74) is -0.384. The van der Waals surface area contributed by atoms with Crippen LogP contribution < -0.4 is 5.11 Å². The minimum atomic E-state index is -3.84. The molecule has 1 aliphatic rings. The number of benzene rings is 1. The Morgan fingerprint density at radius 3 is 2.33 bits per heavy atom. The van der Waals surface area contributed by atoms with Gasteiger partial charge in [0.05, 0.1) is 16.0 Å². The number of hydrogen-bond donors (Lipinski definition) is 0. The smallest absolute Gasteiger partial charge is 0.244 e. The summed E-state index contributed by atoms with van der Waals surface area (Å²) >= 11 is 11.7. The number of hydrogen-bond acceptors (Lipinski definition) is 4. The Morgan fingerprint density at radius 2 is 1.81 bits per heavy atom. The average molecular weight is 351 g/mol.